The van der Waals surface area contributed by atoms with Gasteiger partial charge in [-0.05, 0) is 36.8 Å². The normalized spacial score (nSPS) is 25.6. The van der Waals surface area contributed by atoms with Gasteiger partial charge in [-0.15, -0.1) is 0 Å². The Balaban J connectivity index is 2.01. The summed E-state index contributed by atoms with van der Waals surface area (Å²) in [6.45, 7) is 2.18. The van der Waals surface area contributed by atoms with Crippen LogP contribution in [0, 0.1) is 5.41 Å². The number of carbonyl (C=O) groups excluding carboxylic acids is 1. The van der Waals surface area contributed by atoms with E-state index in [9.17, 15) is 9.90 Å². The highest BCUT2D eigenvalue weighted by molar-refractivity contribution is 7.97. The molecule has 0 radical (unpaired) electrons. The molecule has 1 aliphatic rings. The van der Waals surface area contributed by atoms with Crippen molar-refractivity contribution < 1.29 is 9.90 Å². The molecule has 2 rings (SSSR count). The minimum Gasteiger partial charge on any atom is -0.396 e. The minimum absolute atomic E-state index is 0.0349. The number of hydrogen-bond donors (Lipinski definition) is 2. The maximum absolute atomic E-state index is 12.3. The fourth-order valence-corrected chi connectivity index (χ4v) is 3.35. The van der Waals surface area contributed by atoms with Gasteiger partial charge in [-0.25, -0.2) is 0 Å². The SMILES string of the molecule is CSCc1ccc(C(=O)NC2CCCC2(C)CO)cc1. The van der Waals surface area contributed by atoms with E-state index in [-0.39, 0.29) is 24.0 Å². The van der Waals surface area contributed by atoms with E-state index >= 15 is 0 Å². The van der Waals surface area contributed by atoms with Crippen molar-refractivity contribution in [2.75, 3.05) is 12.9 Å². The lowest BCUT2D eigenvalue weighted by Gasteiger charge is -2.30. The quantitative estimate of drug-likeness (QED) is 0.877. The van der Waals surface area contributed by atoms with Gasteiger partial charge in [0.25, 0.3) is 5.91 Å². The molecule has 20 heavy (non-hydrogen) atoms. The van der Waals surface area contributed by atoms with Crippen LogP contribution in [-0.2, 0) is 5.75 Å². The van der Waals surface area contributed by atoms with E-state index in [1.54, 1.807) is 11.8 Å². The molecule has 1 saturated carbocycles. The van der Waals surface area contributed by atoms with Crippen LogP contribution < -0.4 is 5.32 Å². The van der Waals surface area contributed by atoms with Gasteiger partial charge in [0.15, 0.2) is 0 Å². The molecule has 3 nitrogen and oxygen atoms in total. The monoisotopic (exact) mass is 293 g/mol. The summed E-state index contributed by atoms with van der Waals surface area (Å²) >= 11 is 1.77. The van der Waals surface area contributed by atoms with E-state index in [0.29, 0.717) is 5.56 Å². The average Bonchev–Trinajstić information content (AvgIpc) is 2.82. The summed E-state index contributed by atoms with van der Waals surface area (Å²) in [5, 5.41) is 12.6. The first-order valence-electron chi connectivity index (χ1n) is 7.08. The zero-order chi connectivity index (χ0) is 14.6. The van der Waals surface area contributed by atoms with E-state index in [1.165, 1.54) is 5.56 Å². The number of carbonyl (C=O) groups is 1. The van der Waals surface area contributed by atoms with Crippen molar-refractivity contribution in [3.8, 4) is 0 Å². The first-order valence-corrected chi connectivity index (χ1v) is 8.48. The van der Waals surface area contributed by atoms with Crippen molar-refractivity contribution in [2.24, 2.45) is 5.41 Å². The van der Waals surface area contributed by atoms with Crippen molar-refractivity contribution in [1.29, 1.82) is 0 Å². The molecule has 2 N–H and O–H groups in total. The molecule has 0 spiro atoms. The molecule has 110 valence electrons. The lowest BCUT2D eigenvalue weighted by molar-refractivity contribution is 0.0830. The molecule has 1 amide bonds. The van der Waals surface area contributed by atoms with Gasteiger partial charge in [-0.1, -0.05) is 25.5 Å². The second-order valence-corrected chi connectivity index (χ2v) is 6.73. The molecule has 2 atom stereocenters. The fraction of sp³-hybridized carbons (Fsp3) is 0.562. The number of aliphatic hydroxyl groups is 1. The number of hydrogen-bond acceptors (Lipinski definition) is 3. The molecule has 0 aliphatic heterocycles. The van der Waals surface area contributed by atoms with E-state index in [0.717, 1.165) is 25.0 Å². The van der Waals surface area contributed by atoms with Crippen molar-refractivity contribution in [2.45, 2.75) is 38.0 Å². The van der Waals surface area contributed by atoms with E-state index in [1.807, 2.05) is 31.2 Å². The topological polar surface area (TPSA) is 49.3 Å². The first kappa shape index (κ1) is 15.4. The molecule has 4 heteroatoms. The van der Waals surface area contributed by atoms with Gasteiger partial charge in [0.2, 0.25) is 0 Å². The predicted octanol–water partition coefficient (Wildman–Crippen LogP) is 2.83. The van der Waals surface area contributed by atoms with Crippen LogP contribution in [0.2, 0.25) is 0 Å². The van der Waals surface area contributed by atoms with Gasteiger partial charge in [0.1, 0.15) is 0 Å². The van der Waals surface area contributed by atoms with Gasteiger partial charge in [0, 0.05) is 22.8 Å². The fourth-order valence-electron chi connectivity index (χ4n) is 2.83. The lowest BCUT2D eigenvalue weighted by atomic mass is 9.85. The van der Waals surface area contributed by atoms with E-state index in [4.69, 9.17) is 0 Å². The second kappa shape index (κ2) is 6.64. The van der Waals surface area contributed by atoms with Gasteiger partial charge in [0.05, 0.1) is 6.61 Å². The zero-order valence-electron chi connectivity index (χ0n) is 12.2. The van der Waals surface area contributed by atoms with E-state index in [2.05, 4.69) is 11.6 Å². The average molecular weight is 293 g/mol. The molecule has 0 saturated heterocycles. The number of nitrogens with one attached hydrogen (secondary N) is 1. The highest BCUT2D eigenvalue weighted by atomic mass is 32.2. The Morgan fingerprint density at radius 2 is 2.15 bits per heavy atom. The molecular formula is C16H23NO2S. The number of aliphatic hydroxyl groups excluding tert-OH is 1. The number of amides is 1. The van der Waals surface area contributed by atoms with Gasteiger partial charge in [-0.2, -0.15) is 11.8 Å². The molecule has 1 aliphatic carbocycles. The molecule has 1 aromatic rings. The van der Waals surface area contributed by atoms with Crippen LogP contribution in [0.5, 0.6) is 0 Å². The zero-order valence-corrected chi connectivity index (χ0v) is 13.0. The summed E-state index contributed by atoms with van der Waals surface area (Å²) < 4.78 is 0. The highest BCUT2D eigenvalue weighted by Crippen LogP contribution is 2.37. The molecule has 2 unspecified atom stereocenters. The largest absolute Gasteiger partial charge is 0.396 e. The maximum atomic E-state index is 12.3. The summed E-state index contributed by atoms with van der Waals surface area (Å²) in [4.78, 5) is 12.3. The molecule has 1 aromatic carbocycles. The standard InChI is InChI=1S/C16H23NO2S/c1-16(11-18)9-3-4-14(16)17-15(19)13-7-5-12(6-8-13)10-20-2/h5-8,14,18H,3-4,9-11H2,1-2H3,(H,17,19). The predicted molar refractivity (Wildman–Crippen MR) is 84.0 cm³/mol. The molecule has 1 fully saturated rings. The summed E-state index contributed by atoms with van der Waals surface area (Å²) in [7, 11) is 0. The Hall–Kier alpha value is -1.00. The van der Waals surface area contributed by atoms with Crippen LogP contribution in [0.15, 0.2) is 24.3 Å². The van der Waals surface area contributed by atoms with Crippen LogP contribution >= 0.6 is 11.8 Å². The summed E-state index contributed by atoms with van der Waals surface area (Å²) in [5.41, 5.74) is 1.76. The van der Waals surface area contributed by atoms with E-state index < -0.39 is 0 Å². The summed E-state index contributed by atoms with van der Waals surface area (Å²) in [6.07, 6.45) is 5.06. The lowest BCUT2D eigenvalue weighted by Crippen LogP contribution is -2.44. The summed E-state index contributed by atoms with van der Waals surface area (Å²) in [5.74, 6) is 0.930. The smallest absolute Gasteiger partial charge is 0.251 e. The van der Waals surface area contributed by atoms with Gasteiger partial charge in [-0.3, -0.25) is 4.79 Å². The van der Waals surface area contributed by atoms with Crippen molar-refractivity contribution >= 4 is 17.7 Å². The maximum Gasteiger partial charge on any atom is 0.251 e. The molecular weight excluding hydrogens is 270 g/mol. The first-order chi connectivity index (χ1) is 9.59. The molecule has 0 bridgehead atoms. The minimum atomic E-state index is -0.172. The van der Waals surface area contributed by atoms with Gasteiger partial charge >= 0.3 is 0 Å². The van der Waals surface area contributed by atoms with Crippen LogP contribution in [0.25, 0.3) is 0 Å². The third-order valence-corrected chi connectivity index (χ3v) is 4.90. The Bertz CT molecular complexity index is 460. The second-order valence-electron chi connectivity index (χ2n) is 5.86. The Labute approximate surface area is 125 Å². The number of benzene rings is 1. The molecule has 0 aromatic heterocycles. The van der Waals surface area contributed by atoms with Crippen LogP contribution in [0.3, 0.4) is 0 Å². The van der Waals surface area contributed by atoms with Crippen molar-refractivity contribution in [3.05, 3.63) is 35.4 Å². The van der Waals surface area contributed by atoms with Crippen molar-refractivity contribution in [3.63, 3.8) is 0 Å². The number of thioether (sulfide) groups is 1. The van der Waals surface area contributed by atoms with Crippen LogP contribution in [-0.4, -0.2) is 29.9 Å². The Morgan fingerprint density at radius 1 is 1.45 bits per heavy atom. The van der Waals surface area contributed by atoms with Gasteiger partial charge < -0.3 is 10.4 Å². The Kier molecular flexibility index (Phi) is 5.11. The molecule has 0 heterocycles. The third kappa shape index (κ3) is 3.36. The summed E-state index contributed by atoms with van der Waals surface area (Å²) in [6, 6.07) is 7.85. The highest BCUT2D eigenvalue weighted by Gasteiger charge is 2.39. The van der Waals surface area contributed by atoms with Crippen molar-refractivity contribution in [1.82, 2.24) is 5.32 Å². The number of rotatable bonds is 5. The third-order valence-electron chi connectivity index (χ3n) is 4.28. The van der Waals surface area contributed by atoms with Crippen LogP contribution in [0.4, 0.5) is 0 Å². The van der Waals surface area contributed by atoms with Crippen LogP contribution in [0.1, 0.15) is 42.1 Å². The Morgan fingerprint density at radius 3 is 2.75 bits per heavy atom.